The van der Waals surface area contributed by atoms with Gasteiger partial charge >= 0.3 is 6.03 Å². The molecule has 7 nitrogen and oxygen atoms in total. The molecule has 2 saturated heterocycles. The Hall–Kier alpha value is -1.63. The van der Waals surface area contributed by atoms with Gasteiger partial charge in [-0.3, -0.25) is 0 Å². The number of nitrogens with one attached hydrogen (secondary N) is 1. The van der Waals surface area contributed by atoms with E-state index in [4.69, 9.17) is 9.26 Å². The van der Waals surface area contributed by atoms with Crippen LogP contribution in [-0.4, -0.2) is 53.9 Å². The number of ether oxygens (including phenoxy) is 1. The molecule has 1 aromatic rings. The lowest BCUT2D eigenvalue weighted by Gasteiger charge is -2.30. The number of hydrogen-bond acceptors (Lipinski definition) is 5. The number of aromatic nitrogens is 2. The lowest BCUT2D eigenvalue weighted by atomic mass is 9.97. The van der Waals surface area contributed by atoms with Crippen LogP contribution in [0.25, 0.3) is 0 Å². The maximum atomic E-state index is 12.0. The van der Waals surface area contributed by atoms with Gasteiger partial charge in [0.2, 0.25) is 5.89 Å². The van der Waals surface area contributed by atoms with E-state index in [1.807, 2.05) is 11.8 Å². The first-order valence-corrected chi connectivity index (χ1v) is 8.22. The summed E-state index contributed by atoms with van der Waals surface area (Å²) in [4.78, 5) is 18.4. The van der Waals surface area contributed by atoms with Gasteiger partial charge in [0, 0.05) is 38.8 Å². The van der Waals surface area contributed by atoms with Crippen LogP contribution in [0.4, 0.5) is 4.79 Å². The molecule has 2 aliphatic rings. The van der Waals surface area contributed by atoms with Crippen LogP contribution in [-0.2, 0) is 4.74 Å². The molecule has 2 amide bonds. The largest absolute Gasteiger partial charge is 0.381 e. The highest BCUT2D eigenvalue weighted by Crippen LogP contribution is 2.29. The fraction of sp³-hybridized carbons (Fsp3) is 0.800. The Morgan fingerprint density at radius 1 is 1.32 bits per heavy atom. The van der Waals surface area contributed by atoms with Crippen molar-refractivity contribution in [3.8, 4) is 0 Å². The first-order valence-electron chi connectivity index (χ1n) is 8.22. The van der Waals surface area contributed by atoms with E-state index in [-0.39, 0.29) is 11.9 Å². The highest BCUT2D eigenvalue weighted by Gasteiger charge is 2.29. The highest BCUT2D eigenvalue weighted by atomic mass is 16.5. The van der Waals surface area contributed by atoms with Gasteiger partial charge in [-0.05, 0) is 32.6 Å². The van der Waals surface area contributed by atoms with Gasteiger partial charge in [0.05, 0.1) is 5.92 Å². The smallest absolute Gasteiger partial charge is 0.317 e. The standard InChI is InChI=1S/C15H24N4O3/c1-2-16-15(20)19-7-3-4-12(10-19)14-17-13(18-22-14)11-5-8-21-9-6-11/h11-12H,2-10H2,1H3,(H,16,20). The lowest BCUT2D eigenvalue weighted by molar-refractivity contribution is 0.0830. The van der Waals surface area contributed by atoms with Crippen LogP contribution in [0.1, 0.15) is 56.2 Å². The van der Waals surface area contributed by atoms with Crippen molar-refractivity contribution in [2.75, 3.05) is 32.8 Å². The van der Waals surface area contributed by atoms with Gasteiger partial charge in [-0.25, -0.2) is 4.79 Å². The van der Waals surface area contributed by atoms with Gasteiger partial charge in [-0.15, -0.1) is 0 Å². The molecule has 1 aromatic heterocycles. The van der Waals surface area contributed by atoms with Crippen molar-refractivity contribution >= 4 is 6.03 Å². The minimum absolute atomic E-state index is 0.00336. The Morgan fingerprint density at radius 2 is 2.14 bits per heavy atom. The highest BCUT2D eigenvalue weighted by molar-refractivity contribution is 5.74. The predicted molar refractivity (Wildman–Crippen MR) is 79.7 cm³/mol. The van der Waals surface area contributed by atoms with Crippen LogP contribution in [0.2, 0.25) is 0 Å². The van der Waals surface area contributed by atoms with Crippen molar-refractivity contribution in [1.29, 1.82) is 0 Å². The SMILES string of the molecule is CCNC(=O)N1CCCC(c2nc(C3CCOCC3)no2)C1. The average Bonchev–Trinajstić information content (AvgIpc) is 3.06. The third kappa shape index (κ3) is 3.40. The molecule has 0 radical (unpaired) electrons. The quantitative estimate of drug-likeness (QED) is 0.922. The van der Waals surface area contributed by atoms with Gasteiger partial charge in [-0.1, -0.05) is 5.16 Å². The van der Waals surface area contributed by atoms with Crippen LogP contribution in [0.3, 0.4) is 0 Å². The van der Waals surface area contributed by atoms with Crippen LogP contribution >= 0.6 is 0 Å². The number of likely N-dealkylation sites (tertiary alicyclic amines) is 1. The molecule has 1 unspecified atom stereocenters. The van der Waals surface area contributed by atoms with Crippen molar-refractivity contribution in [2.24, 2.45) is 0 Å². The second-order valence-electron chi connectivity index (χ2n) is 6.00. The molecule has 1 N–H and O–H groups in total. The number of amides is 2. The van der Waals surface area contributed by atoms with Gasteiger partial charge in [-0.2, -0.15) is 4.98 Å². The molecule has 2 fully saturated rings. The van der Waals surface area contributed by atoms with E-state index in [2.05, 4.69) is 15.5 Å². The molecule has 7 heteroatoms. The molecule has 0 saturated carbocycles. The minimum atomic E-state index is -0.00336. The second kappa shape index (κ2) is 7.09. The number of nitrogens with zero attached hydrogens (tertiary/aromatic N) is 3. The second-order valence-corrected chi connectivity index (χ2v) is 6.00. The van der Waals surface area contributed by atoms with Crippen molar-refractivity contribution in [3.05, 3.63) is 11.7 Å². The fourth-order valence-electron chi connectivity index (χ4n) is 3.16. The number of urea groups is 1. The van der Waals surface area contributed by atoms with Crippen LogP contribution in [0.15, 0.2) is 4.52 Å². The van der Waals surface area contributed by atoms with E-state index in [1.165, 1.54) is 0 Å². The molecular formula is C15H24N4O3. The molecule has 22 heavy (non-hydrogen) atoms. The topological polar surface area (TPSA) is 80.5 Å². The summed E-state index contributed by atoms with van der Waals surface area (Å²) in [7, 11) is 0. The Morgan fingerprint density at radius 3 is 2.91 bits per heavy atom. The molecule has 122 valence electrons. The summed E-state index contributed by atoms with van der Waals surface area (Å²) in [5.74, 6) is 1.97. The van der Waals surface area contributed by atoms with Crippen molar-refractivity contribution in [3.63, 3.8) is 0 Å². The number of carbonyl (C=O) groups excluding carboxylic acids is 1. The Bertz CT molecular complexity index is 499. The average molecular weight is 308 g/mol. The lowest BCUT2D eigenvalue weighted by Crippen LogP contribution is -2.44. The first-order chi connectivity index (χ1) is 10.8. The number of rotatable bonds is 3. The Balaban J connectivity index is 1.63. The molecule has 1 atom stereocenters. The van der Waals surface area contributed by atoms with E-state index in [0.717, 1.165) is 51.3 Å². The summed E-state index contributed by atoms with van der Waals surface area (Å²) in [6.45, 7) is 5.56. The maximum Gasteiger partial charge on any atom is 0.317 e. The molecule has 0 aromatic carbocycles. The zero-order valence-corrected chi connectivity index (χ0v) is 13.1. The van der Waals surface area contributed by atoms with Crippen molar-refractivity contribution in [1.82, 2.24) is 20.4 Å². The van der Waals surface area contributed by atoms with E-state index >= 15 is 0 Å². The van der Waals surface area contributed by atoms with Gasteiger partial charge in [0.15, 0.2) is 5.82 Å². The Kier molecular flexibility index (Phi) is 4.92. The van der Waals surface area contributed by atoms with Gasteiger partial charge in [0.25, 0.3) is 0 Å². The molecule has 2 aliphatic heterocycles. The van der Waals surface area contributed by atoms with E-state index in [0.29, 0.717) is 24.9 Å². The summed E-state index contributed by atoms with van der Waals surface area (Å²) in [5.41, 5.74) is 0. The van der Waals surface area contributed by atoms with Crippen LogP contribution in [0.5, 0.6) is 0 Å². The number of carbonyl (C=O) groups is 1. The monoisotopic (exact) mass is 308 g/mol. The minimum Gasteiger partial charge on any atom is -0.381 e. The van der Waals surface area contributed by atoms with Crippen molar-refractivity contribution in [2.45, 2.75) is 44.4 Å². The van der Waals surface area contributed by atoms with Crippen LogP contribution in [0, 0.1) is 0 Å². The molecule has 3 heterocycles. The van der Waals surface area contributed by atoms with Gasteiger partial charge < -0.3 is 19.5 Å². The maximum absolute atomic E-state index is 12.0. The third-order valence-corrected chi connectivity index (χ3v) is 4.43. The number of hydrogen-bond donors (Lipinski definition) is 1. The third-order valence-electron chi connectivity index (χ3n) is 4.43. The first kappa shape index (κ1) is 15.3. The normalized spacial score (nSPS) is 23.5. The fourth-order valence-corrected chi connectivity index (χ4v) is 3.16. The molecule has 0 aliphatic carbocycles. The summed E-state index contributed by atoms with van der Waals surface area (Å²) in [6.07, 6.45) is 3.87. The molecule has 3 rings (SSSR count). The summed E-state index contributed by atoms with van der Waals surface area (Å²) in [5, 5.41) is 7.01. The Labute approximate surface area is 130 Å². The molecule has 0 bridgehead atoms. The molecule has 0 spiro atoms. The van der Waals surface area contributed by atoms with E-state index < -0.39 is 0 Å². The van der Waals surface area contributed by atoms with Crippen LogP contribution < -0.4 is 5.32 Å². The zero-order valence-electron chi connectivity index (χ0n) is 13.1. The number of piperidine rings is 1. The van der Waals surface area contributed by atoms with E-state index in [9.17, 15) is 4.79 Å². The summed E-state index contributed by atoms with van der Waals surface area (Å²) in [6, 6.07) is -0.00336. The molecular weight excluding hydrogens is 284 g/mol. The summed E-state index contributed by atoms with van der Waals surface area (Å²) < 4.78 is 10.9. The summed E-state index contributed by atoms with van der Waals surface area (Å²) >= 11 is 0. The zero-order chi connectivity index (χ0) is 15.4. The van der Waals surface area contributed by atoms with Crippen molar-refractivity contribution < 1.29 is 14.1 Å². The predicted octanol–water partition coefficient (Wildman–Crippen LogP) is 1.87. The van der Waals surface area contributed by atoms with E-state index in [1.54, 1.807) is 0 Å². The van der Waals surface area contributed by atoms with Gasteiger partial charge in [0.1, 0.15) is 0 Å².